The molecule has 0 saturated heterocycles. The monoisotopic (exact) mass is 730 g/mol. The molecule has 3 aromatic rings. The maximum Gasteiger partial charge on any atom is 0.435 e. The second kappa shape index (κ2) is 11.3. The van der Waals surface area contributed by atoms with Crippen LogP contribution in [-0.2, 0) is 11.8 Å². The number of hydroxylamine groups is 1. The number of halogens is 13. The number of rotatable bonds is 5. The average Bonchev–Trinajstić information content (AvgIpc) is 2.86. The van der Waals surface area contributed by atoms with Gasteiger partial charge in [0.25, 0.3) is 11.8 Å². The zero-order valence-electron chi connectivity index (χ0n) is 19.8. The van der Waals surface area contributed by atoms with E-state index >= 15 is 4.39 Å². The van der Waals surface area contributed by atoms with Crippen molar-refractivity contribution in [1.82, 2.24) is 0 Å². The molecule has 0 fully saturated rings. The van der Waals surface area contributed by atoms with Crippen LogP contribution in [0.5, 0.6) is 0 Å². The van der Waals surface area contributed by atoms with Crippen molar-refractivity contribution in [1.29, 1.82) is 0 Å². The number of carbonyl (C=O) groups is 2. The van der Waals surface area contributed by atoms with Crippen LogP contribution in [-0.4, -0.2) is 29.4 Å². The lowest BCUT2D eigenvalue weighted by Crippen LogP contribution is -2.50. The minimum Gasteiger partial charge on any atom is -0.320 e. The molecule has 2 N–H and O–H groups in total. The first-order valence-corrected chi connectivity index (χ1v) is 11.8. The Hall–Kier alpha value is -3.55. The second-order valence-corrected chi connectivity index (χ2v) is 9.41. The molecule has 5 nitrogen and oxygen atoms in total. The van der Waals surface area contributed by atoms with Gasteiger partial charge in [0.15, 0.2) is 5.82 Å². The summed E-state index contributed by atoms with van der Waals surface area (Å²) < 4.78 is 162. The fourth-order valence-electron chi connectivity index (χ4n) is 3.51. The smallest absolute Gasteiger partial charge is 0.320 e. The quantitative estimate of drug-likeness (QED) is 0.121. The van der Waals surface area contributed by atoms with Crippen molar-refractivity contribution in [3.8, 4) is 0 Å². The van der Waals surface area contributed by atoms with Crippen molar-refractivity contribution in [3.63, 3.8) is 0 Å². The number of alkyl halides is 10. The number of carbonyl (C=O) groups excluding carboxylic acids is 2. The van der Waals surface area contributed by atoms with E-state index in [-0.39, 0.29) is 16.7 Å². The SMILES string of the molecule is O=C(Nc1c(I)cc(C(F)(C(F)(F)F)C(F)(F)F)cc1C(F)(F)F)c1cccc(N(O)C(=O)c2ccc(F)cc2)c1F. The first kappa shape index (κ1) is 33.0. The van der Waals surface area contributed by atoms with E-state index in [9.17, 15) is 63.1 Å². The summed E-state index contributed by atoms with van der Waals surface area (Å²) in [6.45, 7) is 0. The largest absolute Gasteiger partial charge is 0.435 e. The molecule has 18 heteroatoms. The fraction of sp³-hybridized carbons (Fsp3) is 0.167. The first-order chi connectivity index (χ1) is 19.1. The maximum atomic E-state index is 15.1. The molecule has 0 aliphatic carbocycles. The molecule has 2 amide bonds. The van der Waals surface area contributed by atoms with Crippen LogP contribution < -0.4 is 10.4 Å². The highest BCUT2D eigenvalue weighted by Gasteiger charge is 2.73. The Kier molecular flexibility index (Phi) is 8.84. The van der Waals surface area contributed by atoms with Gasteiger partial charge in [-0.25, -0.2) is 13.2 Å². The average molecular weight is 730 g/mol. The lowest BCUT2D eigenvalue weighted by Gasteiger charge is -2.31. The third-order valence-corrected chi connectivity index (χ3v) is 6.40. The molecule has 0 aliphatic heterocycles. The Balaban J connectivity index is 2.07. The zero-order valence-corrected chi connectivity index (χ0v) is 22.0. The van der Waals surface area contributed by atoms with Gasteiger partial charge in [-0.05, 0) is 71.1 Å². The summed E-state index contributed by atoms with van der Waals surface area (Å²) in [6.07, 6.45) is -19.2. The summed E-state index contributed by atoms with van der Waals surface area (Å²) in [7, 11) is 0. The van der Waals surface area contributed by atoms with Gasteiger partial charge in [0.2, 0.25) is 0 Å². The molecule has 0 spiro atoms. The Bertz CT molecular complexity index is 1510. The van der Waals surface area contributed by atoms with E-state index in [1.54, 1.807) is 0 Å². The molecular formula is C24H11F12IN2O3. The molecule has 0 radical (unpaired) electrons. The molecule has 0 bridgehead atoms. The summed E-state index contributed by atoms with van der Waals surface area (Å²) >= 11 is 0.815. The number of nitrogens with zero attached hydrogens (tertiary/aromatic N) is 1. The van der Waals surface area contributed by atoms with E-state index in [1.165, 1.54) is 5.32 Å². The standard InChI is InChI=1S/C24H11F12IN2O3/c25-12-6-4-10(5-7-12)20(41)39(42)16-3-1-2-13(17(16)26)19(40)38-18-14(22(28,29)30)8-11(9-15(18)37)21(27,23(31,32)33)24(34,35)36/h1-9,42H,(H,38,40). The normalized spacial score (nSPS) is 12.7. The van der Waals surface area contributed by atoms with Crippen LogP contribution in [0.15, 0.2) is 54.6 Å². The summed E-state index contributed by atoms with van der Waals surface area (Å²) in [4.78, 5) is 25.1. The van der Waals surface area contributed by atoms with Crippen molar-refractivity contribution >= 4 is 45.8 Å². The van der Waals surface area contributed by atoms with Crippen molar-refractivity contribution in [2.24, 2.45) is 0 Å². The highest BCUT2D eigenvalue weighted by Crippen LogP contribution is 2.54. The van der Waals surface area contributed by atoms with Gasteiger partial charge < -0.3 is 5.32 Å². The Labute approximate surface area is 239 Å². The molecule has 226 valence electrons. The Morgan fingerprint density at radius 2 is 1.36 bits per heavy atom. The molecule has 0 unspecified atom stereocenters. The van der Waals surface area contributed by atoms with Crippen LogP contribution in [0.2, 0.25) is 0 Å². The van der Waals surface area contributed by atoms with Crippen LogP contribution in [0.1, 0.15) is 31.8 Å². The van der Waals surface area contributed by atoms with Gasteiger partial charge in [0.1, 0.15) is 11.5 Å². The van der Waals surface area contributed by atoms with Crippen LogP contribution in [0, 0.1) is 15.2 Å². The van der Waals surface area contributed by atoms with E-state index in [1.807, 2.05) is 0 Å². The van der Waals surface area contributed by atoms with Crippen molar-refractivity contribution in [2.45, 2.75) is 24.2 Å². The number of nitrogens with one attached hydrogen (secondary N) is 1. The number of hydrogen-bond acceptors (Lipinski definition) is 3. The third-order valence-electron chi connectivity index (χ3n) is 5.55. The second-order valence-electron chi connectivity index (χ2n) is 8.25. The Morgan fingerprint density at radius 1 is 0.810 bits per heavy atom. The zero-order chi connectivity index (χ0) is 32.0. The van der Waals surface area contributed by atoms with E-state index < -0.39 is 85.3 Å². The van der Waals surface area contributed by atoms with E-state index in [0.717, 1.165) is 59.0 Å². The number of amides is 2. The van der Waals surface area contributed by atoms with Gasteiger partial charge in [-0.15, -0.1) is 0 Å². The minimum atomic E-state index is -6.74. The van der Waals surface area contributed by atoms with Crippen LogP contribution in [0.3, 0.4) is 0 Å². The molecule has 0 aliphatic rings. The minimum absolute atomic E-state index is 0.226. The van der Waals surface area contributed by atoms with E-state index in [0.29, 0.717) is 6.07 Å². The molecule has 0 heterocycles. The maximum absolute atomic E-state index is 15.1. The van der Waals surface area contributed by atoms with Gasteiger partial charge in [0, 0.05) is 14.7 Å². The molecule has 3 rings (SSSR count). The number of anilines is 2. The van der Waals surface area contributed by atoms with Gasteiger partial charge in [0.05, 0.1) is 16.8 Å². The predicted molar refractivity (Wildman–Crippen MR) is 128 cm³/mol. The highest BCUT2D eigenvalue weighted by atomic mass is 127. The van der Waals surface area contributed by atoms with Gasteiger partial charge in [-0.1, -0.05) is 6.07 Å². The Morgan fingerprint density at radius 3 is 1.86 bits per heavy atom. The topological polar surface area (TPSA) is 69.6 Å². The highest BCUT2D eigenvalue weighted by molar-refractivity contribution is 14.1. The molecule has 3 aromatic carbocycles. The summed E-state index contributed by atoms with van der Waals surface area (Å²) in [5, 5.41) is 11.4. The summed E-state index contributed by atoms with van der Waals surface area (Å²) in [6, 6.07) is 4.70. The van der Waals surface area contributed by atoms with E-state index in [2.05, 4.69) is 0 Å². The van der Waals surface area contributed by atoms with Crippen LogP contribution in [0.4, 0.5) is 64.1 Å². The van der Waals surface area contributed by atoms with Gasteiger partial charge >= 0.3 is 24.2 Å². The van der Waals surface area contributed by atoms with Crippen molar-refractivity contribution in [2.75, 3.05) is 10.4 Å². The molecule has 42 heavy (non-hydrogen) atoms. The number of hydrogen-bond donors (Lipinski definition) is 2. The first-order valence-electron chi connectivity index (χ1n) is 10.7. The van der Waals surface area contributed by atoms with Gasteiger partial charge in [-0.2, -0.15) is 44.6 Å². The molecule has 0 atom stereocenters. The fourth-order valence-corrected chi connectivity index (χ4v) is 4.27. The van der Waals surface area contributed by atoms with Crippen LogP contribution >= 0.6 is 22.6 Å². The van der Waals surface area contributed by atoms with Crippen molar-refractivity contribution in [3.05, 3.63) is 92.1 Å². The predicted octanol–water partition coefficient (Wildman–Crippen LogP) is 8.17. The lowest BCUT2D eigenvalue weighted by molar-refractivity contribution is -0.348. The number of benzene rings is 3. The summed E-state index contributed by atoms with van der Waals surface area (Å²) in [5.41, 5.74) is -15.0. The molecule has 0 saturated carbocycles. The molecular weight excluding hydrogens is 719 g/mol. The van der Waals surface area contributed by atoms with Crippen molar-refractivity contribution < 1.29 is 67.5 Å². The lowest BCUT2D eigenvalue weighted by atomic mass is 9.92. The van der Waals surface area contributed by atoms with Crippen LogP contribution in [0.25, 0.3) is 0 Å². The summed E-state index contributed by atoms with van der Waals surface area (Å²) in [5.74, 6) is -5.56. The van der Waals surface area contributed by atoms with Gasteiger partial charge in [-0.3, -0.25) is 14.8 Å². The molecule has 0 aromatic heterocycles. The third kappa shape index (κ3) is 6.13. The van der Waals surface area contributed by atoms with E-state index in [4.69, 9.17) is 0 Å².